The lowest BCUT2D eigenvalue weighted by atomic mass is 10.2. The maximum Gasteiger partial charge on any atom is 0.160 e. The molecule has 0 radical (unpaired) electrons. The third-order valence-electron chi connectivity index (χ3n) is 3.67. The zero-order chi connectivity index (χ0) is 13.1. The Balaban J connectivity index is 1.96. The number of rotatable bonds is 5. The Bertz CT molecular complexity index is 545. The van der Waals surface area contributed by atoms with Crippen molar-refractivity contribution in [2.24, 2.45) is 0 Å². The molecule has 5 nitrogen and oxygen atoms in total. The predicted octanol–water partition coefficient (Wildman–Crippen LogP) is 1.54. The van der Waals surface area contributed by atoms with Crippen LogP contribution in [-0.4, -0.2) is 41.3 Å². The van der Waals surface area contributed by atoms with E-state index in [2.05, 4.69) is 14.9 Å². The van der Waals surface area contributed by atoms with Gasteiger partial charge in [-0.2, -0.15) is 0 Å². The molecule has 1 fully saturated rings. The van der Waals surface area contributed by atoms with E-state index in [1.807, 2.05) is 18.3 Å². The van der Waals surface area contributed by atoms with E-state index in [9.17, 15) is 0 Å². The van der Waals surface area contributed by atoms with Crippen LogP contribution in [0, 0.1) is 0 Å². The summed E-state index contributed by atoms with van der Waals surface area (Å²) in [5, 5.41) is 3.42. The number of nitrogens with one attached hydrogen (secondary N) is 1. The Morgan fingerprint density at radius 2 is 2.47 bits per heavy atom. The van der Waals surface area contributed by atoms with Crippen LogP contribution in [0.2, 0.25) is 0 Å². The summed E-state index contributed by atoms with van der Waals surface area (Å²) in [4.78, 5) is 9.26. The van der Waals surface area contributed by atoms with Crippen LogP contribution < -0.4 is 5.32 Å². The van der Waals surface area contributed by atoms with Crippen LogP contribution in [0.1, 0.15) is 24.7 Å². The minimum absolute atomic E-state index is 0.484. The van der Waals surface area contributed by atoms with Gasteiger partial charge in [-0.3, -0.25) is 0 Å². The van der Waals surface area contributed by atoms with Crippen LogP contribution in [0.15, 0.2) is 18.3 Å². The molecule has 102 valence electrons. The first-order chi connectivity index (χ1) is 9.40. The van der Waals surface area contributed by atoms with Crippen molar-refractivity contribution in [3.8, 4) is 0 Å². The standard InChI is InChI=1S/C14H20N4O/c1-19-9-3-5-13-17-12-4-2-7-16-14(12)18(13)11-6-8-15-10-11/h2,4,7,11,15H,3,5-6,8-10H2,1H3. The zero-order valence-corrected chi connectivity index (χ0v) is 11.3. The number of imidazole rings is 1. The Morgan fingerprint density at radius 1 is 1.53 bits per heavy atom. The van der Waals surface area contributed by atoms with E-state index in [-0.39, 0.29) is 0 Å². The van der Waals surface area contributed by atoms with E-state index < -0.39 is 0 Å². The van der Waals surface area contributed by atoms with Gasteiger partial charge in [0, 0.05) is 32.9 Å². The summed E-state index contributed by atoms with van der Waals surface area (Å²) >= 11 is 0. The number of hydrogen-bond acceptors (Lipinski definition) is 4. The summed E-state index contributed by atoms with van der Waals surface area (Å²) in [5.41, 5.74) is 2.02. The fraction of sp³-hybridized carbons (Fsp3) is 0.571. The number of ether oxygens (including phenoxy) is 1. The Labute approximate surface area is 113 Å². The van der Waals surface area contributed by atoms with Crippen molar-refractivity contribution < 1.29 is 4.74 Å². The van der Waals surface area contributed by atoms with Gasteiger partial charge in [-0.25, -0.2) is 9.97 Å². The van der Waals surface area contributed by atoms with Gasteiger partial charge in [0.1, 0.15) is 11.3 Å². The average molecular weight is 260 g/mol. The lowest BCUT2D eigenvalue weighted by molar-refractivity contribution is 0.194. The summed E-state index contributed by atoms with van der Waals surface area (Å²) in [5.74, 6) is 1.14. The molecule has 1 atom stereocenters. The van der Waals surface area contributed by atoms with E-state index in [1.54, 1.807) is 7.11 Å². The molecule has 2 aromatic rings. The number of aromatic nitrogens is 3. The highest BCUT2D eigenvalue weighted by Gasteiger charge is 2.22. The van der Waals surface area contributed by atoms with Crippen molar-refractivity contribution in [3.05, 3.63) is 24.2 Å². The van der Waals surface area contributed by atoms with Crippen molar-refractivity contribution in [3.63, 3.8) is 0 Å². The lowest BCUT2D eigenvalue weighted by Gasteiger charge is -2.15. The molecule has 1 aliphatic rings. The first kappa shape index (κ1) is 12.6. The number of hydrogen-bond donors (Lipinski definition) is 1. The topological polar surface area (TPSA) is 52.0 Å². The Kier molecular flexibility index (Phi) is 3.75. The number of aryl methyl sites for hydroxylation is 1. The molecule has 1 saturated heterocycles. The van der Waals surface area contributed by atoms with Crippen molar-refractivity contribution in [2.75, 3.05) is 26.8 Å². The molecule has 2 aromatic heterocycles. The van der Waals surface area contributed by atoms with Crippen molar-refractivity contribution in [1.82, 2.24) is 19.9 Å². The maximum absolute atomic E-state index is 5.14. The number of nitrogens with zero attached hydrogens (tertiary/aromatic N) is 3. The van der Waals surface area contributed by atoms with Gasteiger partial charge in [0.2, 0.25) is 0 Å². The molecule has 0 aromatic carbocycles. The highest BCUT2D eigenvalue weighted by Crippen LogP contribution is 2.24. The summed E-state index contributed by atoms with van der Waals surface area (Å²) in [6.07, 6.45) is 4.95. The fourth-order valence-corrected chi connectivity index (χ4v) is 2.77. The number of pyridine rings is 1. The zero-order valence-electron chi connectivity index (χ0n) is 11.3. The molecule has 0 bridgehead atoms. The van der Waals surface area contributed by atoms with E-state index >= 15 is 0 Å². The quantitative estimate of drug-likeness (QED) is 0.829. The van der Waals surface area contributed by atoms with Crippen LogP contribution >= 0.6 is 0 Å². The van der Waals surface area contributed by atoms with Gasteiger partial charge in [-0.1, -0.05) is 0 Å². The molecule has 5 heteroatoms. The van der Waals surface area contributed by atoms with E-state index in [0.29, 0.717) is 6.04 Å². The molecule has 0 saturated carbocycles. The molecular weight excluding hydrogens is 240 g/mol. The second-order valence-corrected chi connectivity index (χ2v) is 4.99. The molecular formula is C14H20N4O. The monoisotopic (exact) mass is 260 g/mol. The van der Waals surface area contributed by atoms with Crippen LogP contribution in [0.5, 0.6) is 0 Å². The largest absolute Gasteiger partial charge is 0.385 e. The first-order valence-corrected chi connectivity index (χ1v) is 6.91. The molecule has 0 amide bonds. The van der Waals surface area contributed by atoms with Crippen LogP contribution in [0.25, 0.3) is 11.2 Å². The molecule has 0 spiro atoms. The van der Waals surface area contributed by atoms with Gasteiger partial charge in [0.25, 0.3) is 0 Å². The normalized spacial score (nSPS) is 19.3. The third kappa shape index (κ3) is 2.48. The van der Waals surface area contributed by atoms with Gasteiger partial charge < -0.3 is 14.6 Å². The molecule has 1 unspecified atom stereocenters. The molecule has 0 aliphatic carbocycles. The van der Waals surface area contributed by atoms with E-state index in [0.717, 1.165) is 55.9 Å². The first-order valence-electron chi connectivity index (χ1n) is 6.91. The van der Waals surface area contributed by atoms with Crippen molar-refractivity contribution in [1.29, 1.82) is 0 Å². The van der Waals surface area contributed by atoms with Crippen LogP contribution in [0.4, 0.5) is 0 Å². The molecule has 3 rings (SSSR count). The minimum atomic E-state index is 0.484. The van der Waals surface area contributed by atoms with Gasteiger partial charge in [0.05, 0.1) is 6.04 Å². The van der Waals surface area contributed by atoms with E-state index in [4.69, 9.17) is 9.72 Å². The van der Waals surface area contributed by atoms with Crippen molar-refractivity contribution in [2.45, 2.75) is 25.3 Å². The molecule has 1 aliphatic heterocycles. The fourth-order valence-electron chi connectivity index (χ4n) is 2.77. The number of methoxy groups -OCH3 is 1. The third-order valence-corrected chi connectivity index (χ3v) is 3.67. The second kappa shape index (κ2) is 5.67. The van der Waals surface area contributed by atoms with Crippen LogP contribution in [-0.2, 0) is 11.2 Å². The van der Waals surface area contributed by atoms with Crippen LogP contribution in [0.3, 0.4) is 0 Å². The molecule has 3 heterocycles. The van der Waals surface area contributed by atoms with Crippen molar-refractivity contribution >= 4 is 11.2 Å². The number of fused-ring (bicyclic) bond motifs is 1. The average Bonchev–Trinajstić information content (AvgIpc) is 3.04. The van der Waals surface area contributed by atoms with Gasteiger partial charge in [0.15, 0.2) is 5.65 Å². The second-order valence-electron chi connectivity index (χ2n) is 4.99. The smallest absolute Gasteiger partial charge is 0.160 e. The van der Waals surface area contributed by atoms with Gasteiger partial charge in [-0.15, -0.1) is 0 Å². The lowest BCUT2D eigenvalue weighted by Crippen LogP contribution is -2.16. The predicted molar refractivity (Wildman–Crippen MR) is 74.2 cm³/mol. The molecule has 1 N–H and O–H groups in total. The summed E-state index contributed by atoms with van der Waals surface area (Å²) in [7, 11) is 1.74. The highest BCUT2D eigenvalue weighted by molar-refractivity contribution is 5.71. The minimum Gasteiger partial charge on any atom is -0.385 e. The Morgan fingerprint density at radius 3 is 3.26 bits per heavy atom. The Hall–Kier alpha value is -1.46. The maximum atomic E-state index is 5.14. The highest BCUT2D eigenvalue weighted by atomic mass is 16.5. The summed E-state index contributed by atoms with van der Waals surface area (Å²) < 4.78 is 7.46. The van der Waals surface area contributed by atoms with Gasteiger partial charge >= 0.3 is 0 Å². The molecule has 19 heavy (non-hydrogen) atoms. The summed E-state index contributed by atoms with van der Waals surface area (Å²) in [6.45, 7) is 2.87. The SMILES string of the molecule is COCCCc1nc2cccnc2n1C1CCNC1. The van der Waals surface area contributed by atoms with E-state index in [1.165, 1.54) is 0 Å². The summed E-state index contributed by atoms with van der Waals surface area (Å²) in [6, 6.07) is 4.48. The van der Waals surface area contributed by atoms with Gasteiger partial charge in [-0.05, 0) is 31.5 Å².